The minimum absolute atomic E-state index is 0.0531. The summed E-state index contributed by atoms with van der Waals surface area (Å²) in [5.74, 6) is -2.91. The lowest BCUT2D eigenvalue weighted by Crippen LogP contribution is -2.44. The average molecular weight is 614 g/mol. The molecule has 2 aromatic heterocycles. The summed E-state index contributed by atoms with van der Waals surface area (Å²) in [5, 5.41) is 1.17. The summed E-state index contributed by atoms with van der Waals surface area (Å²) in [6.45, 7) is 6.60. The molecule has 0 fully saturated rings. The number of pyridine rings is 2. The molecule has 4 aromatic rings. The zero-order chi connectivity index (χ0) is 28.9. The lowest BCUT2D eigenvalue weighted by molar-refractivity contribution is 0.0871. The maximum absolute atomic E-state index is 13.8. The molecule has 0 aliphatic carbocycles. The zero-order valence-electron chi connectivity index (χ0n) is 21.2. The number of aromatic nitrogens is 2. The van der Waals surface area contributed by atoms with Crippen LogP contribution >= 0.6 is 46.4 Å². The Kier molecular flexibility index (Phi) is 5.98. The number of aryl methyl sites for hydroxylation is 2. The minimum Gasteiger partial charge on any atom is -0.268 e. The Bertz CT molecular complexity index is 1730. The number of rotatable bonds is 2. The van der Waals surface area contributed by atoms with Crippen LogP contribution < -0.4 is 9.80 Å². The molecule has 0 unspecified atom stereocenters. The number of nitrogens with zero attached hydrogens (tertiary/aromatic N) is 4. The van der Waals surface area contributed by atoms with Gasteiger partial charge < -0.3 is 0 Å². The maximum Gasteiger partial charge on any atom is 0.267 e. The third kappa shape index (κ3) is 3.40. The van der Waals surface area contributed by atoms with E-state index in [0.29, 0.717) is 32.6 Å². The van der Waals surface area contributed by atoms with E-state index in [2.05, 4.69) is 9.97 Å². The number of carbonyl (C=O) groups excluding carboxylic acids is 4. The molecular formula is C28H16Cl4N4O4. The Hall–Kier alpha value is -3.56. The molecule has 0 radical (unpaired) electrons. The van der Waals surface area contributed by atoms with Gasteiger partial charge in [-0.25, -0.2) is 19.8 Å². The van der Waals surface area contributed by atoms with Crippen molar-refractivity contribution in [1.82, 2.24) is 9.97 Å². The van der Waals surface area contributed by atoms with E-state index < -0.39 is 23.6 Å². The minimum atomic E-state index is -0.701. The largest absolute Gasteiger partial charge is 0.268 e. The molecule has 40 heavy (non-hydrogen) atoms. The van der Waals surface area contributed by atoms with Gasteiger partial charge in [0.2, 0.25) is 0 Å². The SMILES string of the molecule is Cc1nc(N2C(=O)c3ccc4c5c(ccc(c35)C2=O)C(=O)N(c2nc(C)c(Cl)c(C)c2Cl)C4=O)c(Cl)c(C)c1Cl. The van der Waals surface area contributed by atoms with Gasteiger partial charge in [-0.15, -0.1) is 0 Å². The van der Waals surface area contributed by atoms with Crippen LogP contribution in [-0.4, -0.2) is 33.6 Å². The van der Waals surface area contributed by atoms with Crippen molar-refractivity contribution in [3.05, 3.63) is 89.1 Å². The van der Waals surface area contributed by atoms with Gasteiger partial charge in [0.05, 0.1) is 31.5 Å². The van der Waals surface area contributed by atoms with Crippen molar-refractivity contribution in [2.75, 3.05) is 9.80 Å². The molecule has 0 saturated carbocycles. The number of imide groups is 2. The van der Waals surface area contributed by atoms with Crippen molar-refractivity contribution in [1.29, 1.82) is 0 Å². The molecule has 0 bridgehead atoms. The first kappa shape index (κ1) is 26.7. The number of hydrogen-bond acceptors (Lipinski definition) is 6. The predicted molar refractivity (Wildman–Crippen MR) is 154 cm³/mol. The van der Waals surface area contributed by atoms with E-state index in [0.717, 1.165) is 9.80 Å². The third-order valence-corrected chi connectivity index (χ3v) is 9.23. The van der Waals surface area contributed by atoms with Crippen molar-refractivity contribution in [2.24, 2.45) is 0 Å². The topological polar surface area (TPSA) is 101 Å². The molecule has 0 saturated heterocycles. The van der Waals surface area contributed by atoms with Crippen molar-refractivity contribution in [3.63, 3.8) is 0 Å². The van der Waals surface area contributed by atoms with E-state index in [1.165, 1.54) is 24.3 Å². The van der Waals surface area contributed by atoms with Crippen LogP contribution in [0, 0.1) is 27.7 Å². The Balaban J connectivity index is 1.56. The monoisotopic (exact) mass is 612 g/mol. The second kappa shape index (κ2) is 8.97. The van der Waals surface area contributed by atoms with Gasteiger partial charge in [-0.2, -0.15) is 0 Å². The van der Waals surface area contributed by atoms with E-state index in [9.17, 15) is 19.2 Å². The number of hydrogen-bond donors (Lipinski definition) is 0. The normalized spacial score (nSPS) is 14.6. The van der Waals surface area contributed by atoms with Crippen LogP contribution in [0.25, 0.3) is 10.8 Å². The summed E-state index contributed by atoms with van der Waals surface area (Å²) in [4.78, 5) is 65.5. The van der Waals surface area contributed by atoms with Crippen LogP contribution in [0.4, 0.5) is 11.6 Å². The number of carbonyl (C=O) groups is 4. The van der Waals surface area contributed by atoms with Crippen molar-refractivity contribution in [2.45, 2.75) is 27.7 Å². The first-order chi connectivity index (χ1) is 18.9. The molecule has 12 heteroatoms. The van der Waals surface area contributed by atoms with E-state index in [1.807, 2.05) is 0 Å². The highest BCUT2D eigenvalue weighted by molar-refractivity contribution is 6.45. The summed E-state index contributed by atoms with van der Waals surface area (Å²) < 4.78 is 0. The second-order valence-corrected chi connectivity index (χ2v) is 11.0. The molecule has 0 atom stereocenters. The number of halogens is 4. The van der Waals surface area contributed by atoms with Crippen LogP contribution in [0.1, 0.15) is 63.9 Å². The molecule has 8 nitrogen and oxygen atoms in total. The fourth-order valence-electron chi connectivity index (χ4n) is 5.14. The Labute approximate surface area is 247 Å². The first-order valence-electron chi connectivity index (χ1n) is 11.9. The number of anilines is 2. The quantitative estimate of drug-likeness (QED) is 0.224. The third-order valence-electron chi connectivity index (χ3n) is 7.21. The highest BCUT2D eigenvalue weighted by Gasteiger charge is 2.42. The van der Waals surface area contributed by atoms with Crippen LogP contribution in [0.5, 0.6) is 0 Å². The lowest BCUT2D eigenvalue weighted by atomic mass is 9.86. The van der Waals surface area contributed by atoms with Crippen LogP contribution in [-0.2, 0) is 0 Å². The van der Waals surface area contributed by atoms with Gasteiger partial charge in [0, 0.05) is 33.0 Å². The fraction of sp³-hybridized carbons (Fsp3) is 0.143. The van der Waals surface area contributed by atoms with Crippen molar-refractivity contribution in [3.8, 4) is 0 Å². The van der Waals surface area contributed by atoms with Gasteiger partial charge in [0.1, 0.15) is 0 Å². The van der Waals surface area contributed by atoms with Gasteiger partial charge in [-0.05, 0) is 63.1 Å². The summed E-state index contributed by atoms with van der Waals surface area (Å²) >= 11 is 25.5. The van der Waals surface area contributed by atoms with E-state index in [-0.39, 0.29) is 54.7 Å². The molecule has 4 amide bonds. The number of benzene rings is 2. The molecule has 2 aliphatic heterocycles. The summed E-state index contributed by atoms with van der Waals surface area (Å²) in [7, 11) is 0. The molecular weight excluding hydrogens is 598 g/mol. The number of amides is 4. The van der Waals surface area contributed by atoms with Gasteiger partial charge in [0.15, 0.2) is 11.6 Å². The highest BCUT2D eigenvalue weighted by atomic mass is 35.5. The molecule has 200 valence electrons. The van der Waals surface area contributed by atoms with E-state index >= 15 is 0 Å². The van der Waals surface area contributed by atoms with Crippen molar-refractivity contribution < 1.29 is 19.2 Å². The van der Waals surface area contributed by atoms with E-state index in [4.69, 9.17) is 46.4 Å². The van der Waals surface area contributed by atoms with Crippen LogP contribution in [0.3, 0.4) is 0 Å². The Morgan fingerprint density at radius 3 is 1.05 bits per heavy atom. The van der Waals surface area contributed by atoms with E-state index in [1.54, 1.807) is 27.7 Å². The zero-order valence-corrected chi connectivity index (χ0v) is 24.3. The average Bonchev–Trinajstić information content (AvgIpc) is 2.93. The molecule has 0 N–H and O–H groups in total. The second-order valence-electron chi connectivity index (χ2n) is 9.51. The first-order valence-corrected chi connectivity index (χ1v) is 13.4. The Morgan fingerprint density at radius 2 is 0.775 bits per heavy atom. The summed E-state index contributed by atoms with van der Waals surface area (Å²) in [6.07, 6.45) is 0. The van der Waals surface area contributed by atoms with Crippen molar-refractivity contribution >= 4 is 92.4 Å². The maximum atomic E-state index is 13.8. The Morgan fingerprint density at radius 1 is 0.500 bits per heavy atom. The molecule has 2 aromatic carbocycles. The van der Waals surface area contributed by atoms with Gasteiger partial charge in [0.25, 0.3) is 23.6 Å². The summed E-state index contributed by atoms with van der Waals surface area (Å²) in [5.41, 5.74) is 2.18. The molecule has 6 rings (SSSR count). The summed E-state index contributed by atoms with van der Waals surface area (Å²) in [6, 6.07) is 5.76. The molecule has 0 spiro atoms. The standard InChI is InChI=1S/C28H16Cl4N4O4/c1-9-19(29)11(3)33-23(21(9)31)35-25(37)13-5-7-15-18-16(8-6-14(17(13)18)26(35)38)28(40)36(27(15)39)24-22(32)10(2)20(30)12(4)34-24/h5-8H,1-4H3. The highest BCUT2D eigenvalue weighted by Crippen LogP contribution is 2.43. The molecule has 2 aliphatic rings. The van der Waals surface area contributed by atoms with Crippen LogP contribution in [0.15, 0.2) is 24.3 Å². The van der Waals surface area contributed by atoms with Gasteiger partial charge >= 0.3 is 0 Å². The predicted octanol–water partition coefficient (Wildman–Crippen LogP) is 7.08. The molecule has 4 heterocycles. The van der Waals surface area contributed by atoms with Gasteiger partial charge in [-0.3, -0.25) is 19.2 Å². The van der Waals surface area contributed by atoms with Gasteiger partial charge in [-0.1, -0.05) is 46.4 Å². The van der Waals surface area contributed by atoms with Crippen LogP contribution in [0.2, 0.25) is 20.1 Å². The lowest BCUT2D eigenvalue weighted by Gasteiger charge is -2.32. The fourth-order valence-corrected chi connectivity index (χ4v) is 5.95. The smallest absolute Gasteiger partial charge is 0.267 e.